The average molecular weight is 292 g/mol. The molecule has 1 aromatic carbocycles. The molecule has 0 heterocycles. The Hall–Kier alpha value is -2.07. The number of nitro benzene ring substituents is 1. The minimum absolute atomic E-state index is 0.520. The SMILES string of the molecule is CC(NS(=O)(=O)c1cc([N+](=O)[O-])ccc1F)C(=O)O. The first-order chi connectivity index (χ1) is 8.65. The Morgan fingerprint density at radius 3 is 2.58 bits per heavy atom. The number of non-ortho nitro benzene ring substituents is 1. The van der Waals surface area contributed by atoms with Crippen LogP contribution in [0.15, 0.2) is 23.1 Å². The summed E-state index contributed by atoms with van der Waals surface area (Å²) in [5.41, 5.74) is -0.621. The van der Waals surface area contributed by atoms with Crippen LogP contribution in [0, 0.1) is 15.9 Å². The van der Waals surface area contributed by atoms with Crippen molar-refractivity contribution in [2.24, 2.45) is 0 Å². The lowest BCUT2D eigenvalue weighted by Gasteiger charge is -2.10. The maximum absolute atomic E-state index is 13.4. The van der Waals surface area contributed by atoms with Gasteiger partial charge in [-0.25, -0.2) is 12.8 Å². The number of halogens is 1. The molecule has 0 bridgehead atoms. The highest BCUT2D eigenvalue weighted by molar-refractivity contribution is 7.89. The van der Waals surface area contributed by atoms with Crippen LogP contribution in [-0.4, -0.2) is 30.5 Å². The van der Waals surface area contributed by atoms with E-state index in [0.717, 1.165) is 13.0 Å². The number of aliphatic carboxylic acids is 1. The second kappa shape index (κ2) is 5.28. The molecule has 104 valence electrons. The van der Waals surface area contributed by atoms with Gasteiger partial charge in [0.15, 0.2) is 0 Å². The summed E-state index contributed by atoms with van der Waals surface area (Å²) >= 11 is 0. The normalized spacial score (nSPS) is 12.9. The predicted molar refractivity (Wildman–Crippen MR) is 60.5 cm³/mol. The molecule has 0 aromatic heterocycles. The number of hydrogen-bond acceptors (Lipinski definition) is 5. The monoisotopic (exact) mass is 292 g/mol. The van der Waals surface area contributed by atoms with Gasteiger partial charge in [0.25, 0.3) is 5.69 Å². The third kappa shape index (κ3) is 3.45. The van der Waals surface area contributed by atoms with E-state index in [1.54, 1.807) is 4.72 Å². The Labute approximate surface area is 107 Å². The van der Waals surface area contributed by atoms with Crippen molar-refractivity contribution in [1.82, 2.24) is 4.72 Å². The van der Waals surface area contributed by atoms with Crippen molar-refractivity contribution in [2.75, 3.05) is 0 Å². The summed E-state index contributed by atoms with van der Waals surface area (Å²) in [4.78, 5) is 19.2. The van der Waals surface area contributed by atoms with Crippen molar-refractivity contribution in [2.45, 2.75) is 17.9 Å². The molecule has 0 fully saturated rings. The van der Waals surface area contributed by atoms with Gasteiger partial charge < -0.3 is 5.11 Å². The van der Waals surface area contributed by atoms with E-state index in [9.17, 15) is 27.7 Å². The van der Waals surface area contributed by atoms with Gasteiger partial charge in [0.05, 0.1) is 4.92 Å². The summed E-state index contributed by atoms with van der Waals surface area (Å²) in [5.74, 6) is -2.68. The van der Waals surface area contributed by atoms with Gasteiger partial charge in [0, 0.05) is 12.1 Å². The highest BCUT2D eigenvalue weighted by atomic mass is 32.2. The molecule has 10 heteroatoms. The summed E-state index contributed by atoms with van der Waals surface area (Å²) < 4.78 is 38.5. The van der Waals surface area contributed by atoms with Crippen LogP contribution in [0.25, 0.3) is 0 Å². The highest BCUT2D eigenvalue weighted by Gasteiger charge is 2.26. The first kappa shape index (κ1) is 15.0. The number of carboxylic acid groups (broad SMARTS) is 1. The van der Waals surface area contributed by atoms with Crippen LogP contribution in [-0.2, 0) is 14.8 Å². The Morgan fingerprint density at radius 2 is 2.11 bits per heavy atom. The van der Waals surface area contributed by atoms with Crippen molar-refractivity contribution < 1.29 is 27.6 Å². The molecule has 0 saturated carbocycles. The maximum Gasteiger partial charge on any atom is 0.321 e. The molecule has 1 aromatic rings. The second-order valence-corrected chi connectivity index (χ2v) is 5.24. The maximum atomic E-state index is 13.4. The number of carboxylic acids is 1. The van der Waals surface area contributed by atoms with Crippen LogP contribution in [0.3, 0.4) is 0 Å². The summed E-state index contributed by atoms with van der Waals surface area (Å²) in [6, 6.07) is 0.447. The lowest BCUT2D eigenvalue weighted by Crippen LogP contribution is -2.38. The van der Waals surface area contributed by atoms with Gasteiger partial charge in [0.1, 0.15) is 16.8 Å². The van der Waals surface area contributed by atoms with E-state index in [-0.39, 0.29) is 0 Å². The molecule has 2 N–H and O–H groups in total. The van der Waals surface area contributed by atoms with Crippen LogP contribution in [0.2, 0.25) is 0 Å². The largest absolute Gasteiger partial charge is 0.480 e. The first-order valence-corrected chi connectivity index (χ1v) is 6.32. The van der Waals surface area contributed by atoms with Crippen molar-refractivity contribution in [3.05, 3.63) is 34.1 Å². The topological polar surface area (TPSA) is 127 Å². The van der Waals surface area contributed by atoms with Gasteiger partial charge in [-0.3, -0.25) is 14.9 Å². The number of nitrogens with zero attached hydrogens (tertiary/aromatic N) is 1. The number of hydrogen-bond donors (Lipinski definition) is 2. The van der Waals surface area contributed by atoms with E-state index in [1.807, 2.05) is 0 Å². The molecule has 1 unspecified atom stereocenters. The first-order valence-electron chi connectivity index (χ1n) is 4.84. The molecule has 0 aliphatic carbocycles. The van der Waals surface area contributed by atoms with E-state index in [2.05, 4.69) is 0 Å². The van der Waals surface area contributed by atoms with Gasteiger partial charge in [-0.05, 0) is 13.0 Å². The zero-order valence-electron chi connectivity index (χ0n) is 9.53. The fraction of sp³-hybridized carbons (Fsp3) is 0.222. The quantitative estimate of drug-likeness (QED) is 0.600. The number of sulfonamides is 1. The molecular weight excluding hydrogens is 283 g/mol. The number of nitrogens with one attached hydrogen (secondary N) is 1. The molecule has 8 nitrogen and oxygen atoms in total. The molecule has 19 heavy (non-hydrogen) atoms. The molecular formula is C9H9FN2O6S. The summed E-state index contributed by atoms with van der Waals surface area (Å²) in [5, 5.41) is 19.1. The molecule has 0 spiro atoms. The number of nitro groups is 1. The smallest absolute Gasteiger partial charge is 0.321 e. The Bertz CT molecular complexity index is 630. The molecule has 1 atom stereocenters. The lowest BCUT2D eigenvalue weighted by molar-refractivity contribution is -0.385. The molecule has 0 aliphatic heterocycles. The lowest BCUT2D eigenvalue weighted by atomic mass is 10.3. The van der Waals surface area contributed by atoms with Crippen LogP contribution < -0.4 is 4.72 Å². The van der Waals surface area contributed by atoms with Gasteiger partial charge >= 0.3 is 5.97 Å². The fourth-order valence-corrected chi connectivity index (χ4v) is 2.45. The molecule has 0 aliphatic rings. The molecule has 1 rings (SSSR count). The third-order valence-corrected chi connectivity index (χ3v) is 3.67. The van der Waals surface area contributed by atoms with Gasteiger partial charge in [-0.15, -0.1) is 0 Å². The van der Waals surface area contributed by atoms with Crippen molar-refractivity contribution in [1.29, 1.82) is 0 Å². The zero-order valence-corrected chi connectivity index (χ0v) is 10.3. The van der Waals surface area contributed by atoms with Gasteiger partial charge in [-0.2, -0.15) is 4.72 Å². The van der Waals surface area contributed by atoms with Gasteiger partial charge in [0.2, 0.25) is 10.0 Å². The molecule has 0 amide bonds. The number of carbonyl (C=O) groups is 1. The Balaban J connectivity index is 3.24. The van der Waals surface area contributed by atoms with Crippen molar-refractivity contribution in [3.63, 3.8) is 0 Å². The summed E-state index contributed by atoms with van der Waals surface area (Å²) in [7, 11) is -4.50. The van der Waals surface area contributed by atoms with E-state index in [1.165, 1.54) is 0 Å². The average Bonchev–Trinajstić information content (AvgIpc) is 2.28. The van der Waals surface area contributed by atoms with E-state index >= 15 is 0 Å². The highest BCUT2D eigenvalue weighted by Crippen LogP contribution is 2.21. The van der Waals surface area contributed by atoms with Crippen LogP contribution >= 0.6 is 0 Å². The van der Waals surface area contributed by atoms with Gasteiger partial charge in [-0.1, -0.05) is 0 Å². The minimum Gasteiger partial charge on any atom is -0.480 e. The third-order valence-electron chi connectivity index (χ3n) is 2.12. The predicted octanol–water partition coefficient (Wildman–Crippen LogP) is 0.485. The van der Waals surface area contributed by atoms with Crippen molar-refractivity contribution >= 4 is 21.7 Å². The number of rotatable bonds is 5. The Kier molecular flexibility index (Phi) is 4.17. The molecule has 0 saturated heterocycles. The van der Waals surface area contributed by atoms with Crippen molar-refractivity contribution in [3.8, 4) is 0 Å². The zero-order chi connectivity index (χ0) is 14.8. The van der Waals surface area contributed by atoms with E-state index in [4.69, 9.17) is 5.11 Å². The second-order valence-electron chi connectivity index (χ2n) is 3.55. The number of benzene rings is 1. The van der Waals surface area contributed by atoms with Crippen LogP contribution in [0.1, 0.15) is 6.92 Å². The van der Waals surface area contributed by atoms with E-state index in [0.29, 0.717) is 12.1 Å². The van der Waals surface area contributed by atoms with Crippen LogP contribution in [0.5, 0.6) is 0 Å². The molecule has 0 radical (unpaired) electrons. The Morgan fingerprint density at radius 1 is 1.53 bits per heavy atom. The summed E-state index contributed by atoms with van der Waals surface area (Å²) in [6.45, 7) is 1.04. The standard InChI is InChI=1S/C9H9FN2O6S/c1-5(9(13)14)11-19(17,18)8-4-6(12(15)16)2-3-7(8)10/h2-5,11H,1H3,(H,13,14). The van der Waals surface area contributed by atoms with Crippen LogP contribution in [0.4, 0.5) is 10.1 Å². The minimum atomic E-state index is -4.50. The van der Waals surface area contributed by atoms with E-state index < -0.39 is 43.4 Å². The summed E-state index contributed by atoms with van der Waals surface area (Å²) in [6.07, 6.45) is 0. The fourth-order valence-electron chi connectivity index (χ4n) is 1.16.